The summed E-state index contributed by atoms with van der Waals surface area (Å²) in [4.78, 5) is 11.4. The molecule has 1 aliphatic heterocycles. The topological polar surface area (TPSA) is 84.8 Å². The Morgan fingerprint density at radius 2 is 2.17 bits per heavy atom. The van der Waals surface area contributed by atoms with Gasteiger partial charge in [-0.1, -0.05) is 25.1 Å². The highest BCUT2D eigenvalue weighted by Gasteiger charge is 2.19. The Kier molecular flexibility index (Phi) is 5.56. The minimum absolute atomic E-state index is 0.0316. The van der Waals surface area contributed by atoms with Crippen LogP contribution in [0.15, 0.2) is 46.9 Å². The number of nitrogens with zero attached hydrogens (tertiary/aromatic N) is 1. The molecule has 0 fully saturated rings. The second-order valence-corrected chi connectivity index (χ2v) is 7.49. The van der Waals surface area contributed by atoms with Crippen molar-refractivity contribution in [1.82, 2.24) is 5.43 Å². The van der Waals surface area contributed by atoms with Crippen LogP contribution in [0, 0.1) is 5.92 Å². The van der Waals surface area contributed by atoms with Gasteiger partial charge in [0.25, 0.3) is 0 Å². The molecule has 0 aromatic heterocycles. The first-order valence-electron chi connectivity index (χ1n) is 7.43. The van der Waals surface area contributed by atoms with E-state index in [-0.39, 0.29) is 28.2 Å². The van der Waals surface area contributed by atoms with Crippen LogP contribution in [-0.2, 0) is 14.6 Å². The van der Waals surface area contributed by atoms with Crippen molar-refractivity contribution in [3.05, 3.63) is 42.5 Å². The second kappa shape index (κ2) is 7.44. The van der Waals surface area contributed by atoms with E-state index in [2.05, 4.69) is 17.1 Å². The van der Waals surface area contributed by atoms with Gasteiger partial charge < -0.3 is 4.74 Å². The summed E-state index contributed by atoms with van der Waals surface area (Å²) in [7, 11) is -2.03. The molecule has 1 atom stereocenters. The van der Waals surface area contributed by atoms with Crippen molar-refractivity contribution >= 4 is 27.5 Å². The summed E-state index contributed by atoms with van der Waals surface area (Å²) < 4.78 is 29.6. The largest absolute Gasteiger partial charge is 0.495 e. The molecule has 24 heavy (non-hydrogen) atoms. The van der Waals surface area contributed by atoms with E-state index in [1.165, 1.54) is 19.3 Å². The van der Waals surface area contributed by atoms with E-state index >= 15 is 0 Å². The highest BCUT2D eigenvalue weighted by molar-refractivity contribution is 7.91. The summed E-state index contributed by atoms with van der Waals surface area (Å²) in [5.41, 5.74) is 3.98. The number of methoxy groups -OCH3 is 1. The molecule has 1 aromatic carbocycles. The molecule has 1 aliphatic rings. The first kappa shape index (κ1) is 17.9. The molecular formula is C17H20N2O4S. The van der Waals surface area contributed by atoms with Gasteiger partial charge in [0.2, 0.25) is 5.91 Å². The average Bonchev–Trinajstić information content (AvgIpc) is 2.53. The molecule has 0 saturated heterocycles. The number of ether oxygens (including phenoxy) is 1. The van der Waals surface area contributed by atoms with Gasteiger partial charge in [-0.15, -0.1) is 6.58 Å². The van der Waals surface area contributed by atoms with Crippen molar-refractivity contribution in [2.45, 2.75) is 18.2 Å². The smallest absolute Gasteiger partial charge is 0.240 e. The van der Waals surface area contributed by atoms with Gasteiger partial charge in [0.15, 0.2) is 9.84 Å². The summed E-state index contributed by atoms with van der Waals surface area (Å²) >= 11 is 0. The summed E-state index contributed by atoms with van der Waals surface area (Å²) in [6.45, 7) is 5.39. The average molecular weight is 348 g/mol. The van der Waals surface area contributed by atoms with Crippen molar-refractivity contribution in [2.24, 2.45) is 11.0 Å². The van der Waals surface area contributed by atoms with Gasteiger partial charge in [-0.2, -0.15) is 5.10 Å². The molecule has 0 aliphatic carbocycles. The molecular weight excluding hydrogens is 328 g/mol. The quantitative estimate of drug-likeness (QED) is 0.799. The van der Waals surface area contributed by atoms with E-state index in [1.807, 2.05) is 6.92 Å². The molecule has 0 bridgehead atoms. The van der Waals surface area contributed by atoms with Crippen LogP contribution in [0.3, 0.4) is 0 Å². The van der Waals surface area contributed by atoms with Crippen LogP contribution in [0.25, 0.3) is 6.08 Å². The third-order valence-corrected chi connectivity index (χ3v) is 5.29. The van der Waals surface area contributed by atoms with Gasteiger partial charge in [0.05, 0.1) is 18.6 Å². The maximum absolute atomic E-state index is 12.2. The number of hydrogen-bond donors (Lipinski definition) is 1. The third kappa shape index (κ3) is 4.11. The summed E-state index contributed by atoms with van der Waals surface area (Å²) in [5, 5.41) is 4.02. The molecule has 0 saturated carbocycles. The zero-order valence-electron chi connectivity index (χ0n) is 13.7. The number of hydrogen-bond acceptors (Lipinski definition) is 5. The Balaban J connectivity index is 2.29. The lowest BCUT2D eigenvalue weighted by atomic mass is 9.99. The van der Waals surface area contributed by atoms with Crippen molar-refractivity contribution in [3.63, 3.8) is 0 Å². The normalized spacial score (nSPS) is 18.2. The van der Waals surface area contributed by atoms with Crippen molar-refractivity contribution in [1.29, 1.82) is 0 Å². The summed E-state index contributed by atoms with van der Waals surface area (Å²) in [6.07, 6.45) is 5.35. The number of carbonyl (C=O) groups excluding carboxylic acids is 1. The van der Waals surface area contributed by atoms with Crippen LogP contribution >= 0.6 is 0 Å². The number of rotatable bonds is 6. The predicted octanol–water partition coefficient (Wildman–Crippen LogP) is 2.18. The molecule has 1 unspecified atom stereocenters. The lowest BCUT2D eigenvalue weighted by Gasteiger charge is -2.16. The maximum Gasteiger partial charge on any atom is 0.240 e. The van der Waals surface area contributed by atoms with Crippen molar-refractivity contribution in [2.75, 3.05) is 12.9 Å². The van der Waals surface area contributed by atoms with E-state index < -0.39 is 9.84 Å². The van der Waals surface area contributed by atoms with Crippen molar-refractivity contribution < 1.29 is 17.9 Å². The first-order valence-corrected chi connectivity index (χ1v) is 9.09. The Labute approximate surface area is 141 Å². The zero-order chi connectivity index (χ0) is 17.7. The highest BCUT2D eigenvalue weighted by Crippen LogP contribution is 2.27. The maximum atomic E-state index is 12.2. The van der Waals surface area contributed by atoms with Gasteiger partial charge in [0, 0.05) is 12.3 Å². The number of amides is 1. The number of nitrogens with one attached hydrogen (secondary N) is 1. The van der Waals surface area contributed by atoms with Gasteiger partial charge in [0.1, 0.15) is 10.6 Å². The molecule has 0 radical (unpaired) electrons. The van der Waals surface area contributed by atoms with Crippen LogP contribution in [-0.4, -0.2) is 32.9 Å². The van der Waals surface area contributed by atoms with Crippen LogP contribution in [0.5, 0.6) is 5.75 Å². The van der Waals surface area contributed by atoms with E-state index in [4.69, 9.17) is 4.74 Å². The first-order chi connectivity index (χ1) is 11.4. The zero-order valence-corrected chi connectivity index (χ0v) is 14.5. The Hall–Kier alpha value is -2.41. The SMILES string of the molecule is C=CCS(=O)(=O)c1ccc(C=CC2=NNC(=O)CC2C)cc1OC. The van der Waals surface area contributed by atoms with E-state index in [0.717, 1.165) is 11.3 Å². The minimum Gasteiger partial charge on any atom is -0.495 e. The number of benzene rings is 1. The number of hydrazone groups is 1. The molecule has 6 nitrogen and oxygen atoms in total. The second-order valence-electron chi connectivity index (χ2n) is 5.49. The van der Waals surface area contributed by atoms with Crippen LogP contribution in [0.2, 0.25) is 0 Å². The van der Waals surface area contributed by atoms with E-state index in [0.29, 0.717) is 6.42 Å². The summed E-state index contributed by atoms with van der Waals surface area (Å²) in [5.74, 6) is 0.0696. The fourth-order valence-electron chi connectivity index (χ4n) is 2.34. The van der Waals surface area contributed by atoms with Gasteiger partial charge in [-0.25, -0.2) is 13.8 Å². The molecule has 1 heterocycles. The van der Waals surface area contributed by atoms with Crippen LogP contribution in [0.1, 0.15) is 18.9 Å². The Bertz CT molecular complexity index is 810. The Morgan fingerprint density at radius 3 is 2.79 bits per heavy atom. The van der Waals surface area contributed by atoms with E-state index in [1.54, 1.807) is 24.3 Å². The molecule has 1 aromatic rings. The fourth-order valence-corrected chi connectivity index (χ4v) is 3.55. The monoisotopic (exact) mass is 348 g/mol. The minimum atomic E-state index is -3.46. The molecule has 7 heteroatoms. The van der Waals surface area contributed by atoms with Gasteiger partial charge in [-0.3, -0.25) is 4.79 Å². The number of allylic oxidation sites excluding steroid dienone is 1. The lowest BCUT2D eigenvalue weighted by Crippen LogP contribution is -2.30. The molecule has 0 spiro atoms. The molecule has 1 amide bonds. The number of carbonyl (C=O) groups is 1. The van der Waals surface area contributed by atoms with Crippen molar-refractivity contribution in [3.8, 4) is 5.75 Å². The Morgan fingerprint density at radius 1 is 1.42 bits per heavy atom. The highest BCUT2D eigenvalue weighted by atomic mass is 32.2. The third-order valence-electron chi connectivity index (χ3n) is 3.61. The van der Waals surface area contributed by atoms with Gasteiger partial charge in [-0.05, 0) is 23.8 Å². The lowest BCUT2D eigenvalue weighted by molar-refractivity contribution is -0.121. The van der Waals surface area contributed by atoms with Crippen LogP contribution in [0.4, 0.5) is 0 Å². The summed E-state index contributed by atoms with van der Waals surface area (Å²) in [6, 6.07) is 4.87. The molecule has 1 N–H and O–H groups in total. The van der Waals surface area contributed by atoms with Crippen LogP contribution < -0.4 is 10.2 Å². The predicted molar refractivity (Wildman–Crippen MR) is 93.6 cm³/mol. The molecule has 128 valence electrons. The van der Waals surface area contributed by atoms with Gasteiger partial charge >= 0.3 is 0 Å². The standard InChI is InChI=1S/C17H20N2O4S/c1-4-9-24(21,22)16-8-6-13(11-15(16)23-3)5-7-14-12(2)10-17(20)19-18-14/h4-8,11-12H,1,9-10H2,2-3H3,(H,19,20). The number of sulfone groups is 1. The van der Waals surface area contributed by atoms with E-state index in [9.17, 15) is 13.2 Å². The fraction of sp³-hybridized carbons (Fsp3) is 0.294. The molecule has 2 rings (SSSR count).